The molecule has 0 saturated carbocycles. The Bertz CT molecular complexity index is 1190. The first-order chi connectivity index (χ1) is 17.6. The number of nitrogens with one attached hydrogen (secondary N) is 2. The minimum absolute atomic E-state index is 0.955. The van der Waals surface area contributed by atoms with E-state index in [4.69, 9.17) is 9.97 Å². The predicted molar refractivity (Wildman–Crippen MR) is 156 cm³/mol. The number of rotatable bonds is 13. The van der Waals surface area contributed by atoms with Crippen LogP contribution in [-0.2, 0) is 12.8 Å². The van der Waals surface area contributed by atoms with Gasteiger partial charge in [-0.05, 0) is 99.9 Å². The lowest BCUT2D eigenvalue weighted by Crippen LogP contribution is -2.08. The minimum atomic E-state index is 0.955. The second-order valence-corrected chi connectivity index (χ2v) is 10.1. The van der Waals surface area contributed by atoms with Gasteiger partial charge in [0.1, 0.15) is 0 Å². The van der Waals surface area contributed by atoms with Crippen molar-refractivity contribution in [3.63, 3.8) is 0 Å². The molecule has 2 N–H and O–H groups in total. The molecule has 36 heavy (non-hydrogen) atoms. The summed E-state index contributed by atoms with van der Waals surface area (Å²) in [4.78, 5) is 9.50. The van der Waals surface area contributed by atoms with Gasteiger partial charge in [0, 0.05) is 46.6 Å². The van der Waals surface area contributed by atoms with Gasteiger partial charge in [0.25, 0.3) is 0 Å². The van der Waals surface area contributed by atoms with Crippen LogP contribution in [0.25, 0.3) is 21.8 Å². The third kappa shape index (κ3) is 6.75. The highest BCUT2D eigenvalue weighted by Crippen LogP contribution is 2.27. The van der Waals surface area contributed by atoms with Crippen LogP contribution >= 0.6 is 0 Å². The Kier molecular flexibility index (Phi) is 9.16. The number of anilines is 2. The standard InChI is InChI=1S/C32H42N4/c1-5-7-11-25-13-15-29-27(21-25)31(19-23(3)35-29)33-17-9-10-18-34-32-20-24(4)36-30-16-14-26(12-8-6-2)22-28(30)32/h13-16,19-22H,5-12,17-18H2,1-4H3,(H,33,35)(H,34,36). The van der Waals surface area contributed by atoms with Gasteiger partial charge in [0.05, 0.1) is 11.0 Å². The van der Waals surface area contributed by atoms with Gasteiger partial charge in [-0.15, -0.1) is 0 Å². The number of unbranched alkanes of at least 4 members (excludes halogenated alkanes) is 3. The highest BCUT2D eigenvalue weighted by molar-refractivity contribution is 5.92. The van der Waals surface area contributed by atoms with Gasteiger partial charge in [-0.2, -0.15) is 0 Å². The summed E-state index contributed by atoms with van der Waals surface area (Å²) < 4.78 is 0. The van der Waals surface area contributed by atoms with Crippen LogP contribution in [0.1, 0.15) is 74.9 Å². The Hall–Kier alpha value is -3.14. The summed E-state index contributed by atoms with van der Waals surface area (Å²) in [5.41, 5.74) is 9.51. The van der Waals surface area contributed by atoms with Crippen LogP contribution in [0.5, 0.6) is 0 Å². The molecule has 0 bridgehead atoms. The minimum Gasteiger partial charge on any atom is -0.384 e. The van der Waals surface area contributed by atoms with Gasteiger partial charge in [-0.3, -0.25) is 9.97 Å². The molecule has 4 nitrogen and oxygen atoms in total. The van der Waals surface area contributed by atoms with E-state index in [0.29, 0.717) is 0 Å². The zero-order chi connectivity index (χ0) is 25.3. The Balaban J connectivity index is 1.35. The number of aromatic nitrogens is 2. The molecule has 190 valence electrons. The van der Waals surface area contributed by atoms with E-state index in [-0.39, 0.29) is 0 Å². The fourth-order valence-corrected chi connectivity index (χ4v) is 4.87. The molecule has 0 unspecified atom stereocenters. The van der Waals surface area contributed by atoms with Crippen LogP contribution in [0, 0.1) is 13.8 Å². The molecule has 0 radical (unpaired) electrons. The summed E-state index contributed by atoms with van der Waals surface area (Å²) in [6, 6.07) is 17.8. The highest BCUT2D eigenvalue weighted by atomic mass is 14.9. The van der Waals surface area contributed by atoms with E-state index < -0.39 is 0 Å². The van der Waals surface area contributed by atoms with Crippen molar-refractivity contribution in [2.24, 2.45) is 0 Å². The van der Waals surface area contributed by atoms with Crippen molar-refractivity contribution < 1.29 is 0 Å². The van der Waals surface area contributed by atoms with E-state index in [1.165, 1.54) is 59.0 Å². The Morgan fingerprint density at radius 3 is 1.44 bits per heavy atom. The number of hydrogen-bond donors (Lipinski definition) is 2. The normalized spacial score (nSPS) is 11.3. The van der Waals surface area contributed by atoms with Crippen molar-refractivity contribution >= 4 is 33.2 Å². The fourth-order valence-electron chi connectivity index (χ4n) is 4.87. The first-order valence-corrected chi connectivity index (χ1v) is 13.9. The van der Waals surface area contributed by atoms with Crippen molar-refractivity contribution in [1.82, 2.24) is 9.97 Å². The summed E-state index contributed by atoms with van der Waals surface area (Å²) in [6.45, 7) is 10.6. The second-order valence-electron chi connectivity index (χ2n) is 10.1. The van der Waals surface area contributed by atoms with Crippen molar-refractivity contribution in [2.45, 2.75) is 79.1 Å². The molecule has 4 heteroatoms. The van der Waals surface area contributed by atoms with Gasteiger partial charge in [0.15, 0.2) is 0 Å². The van der Waals surface area contributed by atoms with Crippen LogP contribution in [-0.4, -0.2) is 23.1 Å². The van der Waals surface area contributed by atoms with Gasteiger partial charge >= 0.3 is 0 Å². The molecule has 0 spiro atoms. The number of aryl methyl sites for hydroxylation is 4. The number of fused-ring (bicyclic) bond motifs is 2. The molecule has 2 aromatic heterocycles. The maximum absolute atomic E-state index is 4.75. The van der Waals surface area contributed by atoms with Gasteiger partial charge in [0.2, 0.25) is 0 Å². The zero-order valence-electron chi connectivity index (χ0n) is 22.6. The molecule has 0 fully saturated rings. The Morgan fingerprint density at radius 1 is 0.583 bits per heavy atom. The third-order valence-corrected chi connectivity index (χ3v) is 6.87. The number of nitrogens with zero attached hydrogens (tertiary/aromatic N) is 2. The van der Waals surface area contributed by atoms with Crippen LogP contribution in [0.15, 0.2) is 48.5 Å². The fraction of sp³-hybridized carbons (Fsp3) is 0.438. The summed E-state index contributed by atoms with van der Waals surface area (Å²) in [5.74, 6) is 0. The molecule has 0 saturated heterocycles. The largest absolute Gasteiger partial charge is 0.384 e. The van der Waals surface area contributed by atoms with Crippen molar-refractivity contribution in [3.05, 3.63) is 71.0 Å². The number of hydrogen-bond acceptors (Lipinski definition) is 4. The summed E-state index contributed by atoms with van der Waals surface area (Å²) >= 11 is 0. The first-order valence-electron chi connectivity index (χ1n) is 13.9. The molecule has 2 aromatic carbocycles. The van der Waals surface area contributed by atoms with E-state index in [2.05, 4.69) is 86.9 Å². The molecule has 4 rings (SSSR count). The molecule has 0 aliphatic carbocycles. The number of pyridine rings is 2. The average molecular weight is 483 g/mol. The Morgan fingerprint density at radius 2 is 1.03 bits per heavy atom. The first kappa shape index (κ1) is 25.9. The lowest BCUT2D eigenvalue weighted by Gasteiger charge is -2.14. The molecule has 0 aliphatic rings. The van der Waals surface area contributed by atoms with Crippen LogP contribution in [0.2, 0.25) is 0 Å². The van der Waals surface area contributed by atoms with Crippen molar-refractivity contribution in [3.8, 4) is 0 Å². The average Bonchev–Trinajstić information content (AvgIpc) is 2.88. The topological polar surface area (TPSA) is 49.8 Å². The monoisotopic (exact) mass is 482 g/mol. The molecule has 4 aromatic rings. The summed E-state index contributed by atoms with van der Waals surface area (Å²) in [6.07, 6.45) is 9.38. The van der Waals surface area contributed by atoms with Crippen molar-refractivity contribution in [1.29, 1.82) is 0 Å². The maximum Gasteiger partial charge on any atom is 0.0726 e. The summed E-state index contributed by atoms with van der Waals surface area (Å²) in [5, 5.41) is 9.88. The highest BCUT2D eigenvalue weighted by Gasteiger charge is 2.07. The van der Waals surface area contributed by atoms with Gasteiger partial charge < -0.3 is 10.6 Å². The Labute approximate surface area is 217 Å². The SMILES string of the molecule is CCCCc1ccc2nc(C)cc(NCCCCNc3cc(C)nc4ccc(CCCC)cc34)c2c1. The molecule has 0 atom stereocenters. The van der Waals surface area contributed by atoms with Gasteiger partial charge in [-0.1, -0.05) is 38.8 Å². The quantitative estimate of drug-likeness (QED) is 0.188. The van der Waals surface area contributed by atoms with E-state index >= 15 is 0 Å². The van der Waals surface area contributed by atoms with E-state index in [1.807, 2.05) is 0 Å². The summed E-state index contributed by atoms with van der Waals surface area (Å²) in [7, 11) is 0. The maximum atomic E-state index is 4.75. The lowest BCUT2D eigenvalue weighted by molar-refractivity contribution is 0.794. The van der Waals surface area contributed by atoms with E-state index in [0.717, 1.165) is 61.2 Å². The molecule has 0 aliphatic heterocycles. The third-order valence-electron chi connectivity index (χ3n) is 6.87. The second kappa shape index (κ2) is 12.7. The predicted octanol–water partition coefficient (Wildman–Crippen LogP) is 8.39. The van der Waals surface area contributed by atoms with E-state index in [1.54, 1.807) is 0 Å². The van der Waals surface area contributed by atoms with Crippen LogP contribution in [0.4, 0.5) is 11.4 Å². The lowest BCUT2D eigenvalue weighted by atomic mass is 10.0. The molecular formula is C32H42N4. The van der Waals surface area contributed by atoms with Crippen LogP contribution in [0.3, 0.4) is 0 Å². The molecular weight excluding hydrogens is 440 g/mol. The molecule has 0 amide bonds. The zero-order valence-corrected chi connectivity index (χ0v) is 22.6. The number of benzene rings is 2. The van der Waals surface area contributed by atoms with Crippen LogP contribution < -0.4 is 10.6 Å². The van der Waals surface area contributed by atoms with Gasteiger partial charge in [-0.25, -0.2) is 0 Å². The smallest absolute Gasteiger partial charge is 0.0726 e. The van der Waals surface area contributed by atoms with Crippen molar-refractivity contribution in [2.75, 3.05) is 23.7 Å². The molecule has 2 heterocycles. The van der Waals surface area contributed by atoms with E-state index in [9.17, 15) is 0 Å².